The van der Waals surface area contributed by atoms with E-state index in [1.165, 1.54) is 6.08 Å². The quantitative estimate of drug-likeness (QED) is 0.702. The van der Waals surface area contributed by atoms with Crippen molar-refractivity contribution >= 4 is 23.3 Å². The molecule has 1 aliphatic carbocycles. The second kappa shape index (κ2) is 3.63. The molecule has 3 rings (SSSR count). The first-order valence-electron chi connectivity index (χ1n) is 5.81. The number of carbonyl (C=O) groups is 3. The highest BCUT2D eigenvalue weighted by Gasteiger charge is 2.31. The summed E-state index contributed by atoms with van der Waals surface area (Å²) in [6, 6.07) is 5.13. The Morgan fingerprint density at radius 1 is 1.11 bits per heavy atom. The Labute approximate surface area is 104 Å². The van der Waals surface area contributed by atoms with Gasteiger partial charge in [-0.15, -0.1) is 0 Å². The highest BCUT2D eigenvalue weighted by Crippen LogP contribution is 2.29. The fourth-order valence-electron chi connectivity index (χ4n) is 2.41. The number of amides is 2. The Morgan fingerprint density at radius 3 is 2.56 bits per heavy atom. The lowest BCUT2D eigenvalue weighted by Crippen LogP contribution is -2.30. The van der Waals surface area contributed by atoms with Crippen LogP contribution in [0, 0.1) is 0 Å². The zero-order chi connectivity index (χ0) is 12.9. The molecule has 90 valence electrons. The second-order valence-electron chi connectivity index (χ2n) is 4.57. The maximum atomic E-state index is 11.9. The van der Waals surface area contributed by atoms with Crippen LogP contribution in [0.2, 0.25) is 0 Å². The topological polar surface area (TPSA) is 54.5 Å². The van der Waals surface area contributed by atoms with Gasteiger partial charge in [0, 0.05) is 23.6 Å². The summed E-state index contributed by atoms with van der Waals surface area (Å²) < 4.78 is 0. The van der Waals surface area contributed by atoms with Gasteiger partial charge in [-0.05, 0) is 37.1 Å². The Morgan fingerprint density at radius 2 is 1.89 bits per heavy atom. The number of benzene rings is 1. The molecule has 1 aromatic carbocycles. The maximum absolute atomic E-state index is 11.9. The molecule has 1 aliphatic heterocycles. The number of nitrogens with zero attached hydrogens (tertiary/aromatic N) is 1. The fraction of sp³-hybridized carbons (Fsp3) is 0.214. The number of ketones is 1. The third-order valence-corrected chi connectivity index (χ3v) is 3.37. The Bertz CT molecular complexity index is 628. The van der Waals surface area contributed by atoms with Crippen LogP contribution in [0.15, 0.2) is 29.8 Å². The summed E-state index contributed by atoms with van der Waals surface area (Å²) in [5.74, 6) is -0.476. The van der Waals surface area contributed by atoms with Crippen LogP contribution < -0.4 is 4.90 Å². The van der Waals surface area contributed by atoms with Gasteiger partial charge in [-0.2, -0.15) is 0 Å². The molecular weight excluding hydrogens is 230 g/mol. The lowest BCUT2D eigenvalue weighted by molar-refractivity contribution is -0.120. The van der Waals surface area contributed by atoms with Gasteiger partial charge < -0.3 is 0 Å². The van der Waals surface area contributed by atoms with E-state index in [2.05, 4.69) is 0 Å². The maximum Gasteiger partial charge on any atom is 0.261 e. The molecule has 1 aromatic rings. The second-order valence-corrected chi connectivity index (χ2v) is 4.57. The number of rotatable bonds is 1. The number of hydrogen-bond acceptors (Lipinski definition) is 3. The van der Waals surface area contributed by atoms with Crippen LogP contribution in [-0.4, -0.2) is 17.6 Å². The molecule has 1 heterocycles. The summed E-state index contributed by atoms with van der Waals surface area (Å²) in [5.41, 5.74) is 2.62. The number of hydrogen-bond donors (Lipinski definition) is 0. The number of aryl methyl sites for hydroxylation is 1. The Hall–Kier alpha value is -2.23. The highest BCUT2D eigenvalue weighted by atomic mass is 16.2. The number of Topliss-reactive ketones (excluding diaryl/α,β-unsaturated/α-hetero) is 1. The zero-order valence-electron chi connectivity index (χ0n) is 9.90. The van der Waals surface area contributed by atoms with E-state index in [0.717, 1.165) is 10.5 Å². The summed E-state index contributed by atoms with van der Waals surface area (Å²) >= 11 is 0. The number of fused-ring (bicyclic) bond motifs is 1. The van der Waals surface area contributed by atoms with E-state index in [-0.39, 0.29) is 17.6 Å². The van der Waals surface area contributed by atoms with E-state index in [4.69, 9.17) is 0 Å². The smallest absolute Gasteiger partial charge is 0.261 e. The molecule has 2 amide bonds. The average Bonchev–Trinajstić information content (AvgIpc) is 2.81. The van der Waals surface area contributed by atoms with Gasteiger partial charge in [0.15, 0.2) is 5.78 Å². The standard InChI is InChI=1S/C14H11NO3/c1-8-6-13(17)15(14(8)18)10-3-4-11-9(7-10)2-5-12(11)16/h3-4,6-7H,2,5H2,1H3. The predicted molar refractivity (Wildman–Crippen MR) is 65.3 cm³/mol. The fourth-order valence-corrected chi connectivity index (χ4v) is 2.41. The van der Waals surface area contributed by atoms with Gasteiger partial charge in [-0.1, -0.05) is 0 Å². The van der Waals surface area contributed by atoms with Crippen LogP contribution in [0.3, 0.4) is 0 Å². The summed E-state index contributed by atoms with van der Waals surface area (Å²) in [6.45, 7) is 1.62. The van der Waals surface area contributed by atoms with Crippen molar-refractivity contribution in [2.75, 3.05) is 4.90 Å². The molecule has 2 aliphatic rings. The van der Waals surface area contributed by atoms with Crippen molar-refractivity contribution in [2.45, 2.75) is 19.8 Å². The molecule has 4 nitrogen and oxygen atoms in total. The monoisotopic (exact) mass is 241 g/mol. The summed E-state index contributed by atoms with van der Waals surface area (Å²) in [5, 5.41) is 0. The van der Waals surface area contributed by atoms with Crippen molar-refractivity contribution < 1.29 is 14.4 Å². The number of imide groups is 1. The van der Waals surface area contributed by atoms with Crippen LogP contribution in [0.25, 0.3) is 0 Å². The highest BCUT2D eigenvalue weighted by molar-refractivity contribution is 6.30. The lowest BCUT2D eigenvalue weighted by Gasteiger charge is -2.15. The SMILES string of the molecule is CC1=CC(=O)N(c2ccc3c(c2)CCC3=O)C1=O. The number of carbonyl (C=O) groups excluding carboxylic acids is 3. The van der Waals surface area contributed by atoms with Gasteiger partial charge in [-0.3, -0.25) is 14.4 Å². The van der Waals surface area contributed by atoms with Gasteiger partial charge in [0.2, 0.25) is 0 Å². The van der Waals surface area contributed by atoms with Crippen molar-refractivity contribution in [2.24, 2.45) is 0 Å². The molecule has 0 saturated carbocycles. The average molecular weight is 241 g/mol. The molecule has 4 heteroatoms. The molecule has 0 fully saturated rings. The molecule has 0 N–H and O–H groups in total. The van der Waals surface area contributed by atoms with Crippen LogP contribution >= 0.6 is 0 Å². The molecule has 0 atom stereocenters. The first-order valence-corrected chi connectivity index (χ1v) is 5.81. The first-order chi connectivity index (χ1) is 8.58. The Balaban J connectivity index is 2.03. The van der Waals surface area contributed by atoms with Crippen molar-refractivity contribution in [1.82, 2.24) is 0 Å². The van der Waals surface area contributed by atoms with Crippen LogP contribution in [0.5, 0.6) is 0 Å². The van der Waals surface area contributed by atoms with E-state index >= 15 is 0 Å². The van der Waals surface area contributed by atoms with Crippen LogP contribution in [0.4, 0.5) is 5.69 Å². The molecule has 18 heavy (non-hydrogen) atoms. The minimum Gasteiger partial charge on any atom is -0.294 e. The summed E-state index contributed by atoms with van der Waals surface area (Å²) in [4.78, 5) is 36.2. The van der Waals surface area contributed by atoms with Crippen molar-refractivity contribution in [1.29, 1.82) is 0 Å². The first kappa shape index (κ1) is 10.9. The molecule has 0 unspecified atom stereocenters. The van der Waals surface area contributed by atoms with Crippen molar-refractivity contribution in [3.8, 4) is 0 Å². The van der Waals surface area contributed by atoms with E-state index in [9.17, 15) is 14.4 Å². The van der Waals surface area contributed by atoms with E-state index in [1.807, 2.05) is 0 Å². The molecule has 0 aromatic heterocycles. The van der Waals surface area contributed by atoms with E-state index in [1.54, 1.807) is 25.1 Å². The molecule has 0 radical (unpaired) electrons. The minimum absolute atomic E-state index is 0.130. The van der Waals surface area contributed by atoms with Crippen LogP contribution in [-0.2, 0) is 16.0 Å². The van der Waals surface area contributed by atoms with E-state index in [0.29, 0.717) is 29.7 Å². The molecule has 0 spiro atoms. The lowest BCUT2D eigenvalue weighted by atomic mass is 10.1. The summed E-state index contributed by atoms with van der Waals surface area (Å²) in [6.07, 6.45) is 2.53. The van der Waals surface area contributed by atoms with Crippen molar-refractivity contribution in [3.05, 3.63) is 41.0 Å². The normalized spacial score (nSPS) is 18.4. The zero-order valence-corrected chi connectivity index (χ0v) is 9.90. The van der Waals surface area contributed by atoms with Gasteiger partial charge >= 0.3 is 0 Å². The molecule has 0 bridgehead atoms. The van der Waals surface area contributed by atoms with Gasteiger partial charge in [-0.25, -0.2) is 4.90 Å². The van der Waals surface area contributed by atoms with Gasteiger partial charge in [0.1, 0.15) is 0 Å². The predicted octanol–water partition coefficient (Wildman–Crippen LogP) is 1.64. The largest absolute Gasteiger partial charge is 0.294 e. The molecule has 0 saturated heterocycles. The third kappa shape index (κ3) is 1.42. The minimum atomic E-state index is -0.318. The summed E-state index contributed by atoms with van der Waals surface area (Å²) in [7, 11) is 0. The molecular formula is C14H11NO3. The third-order valence-electron chi connectivity index (χ3n) is 3.37. The van der Waals surface area contributed by atoms with E-state index < -0.39 is 0 Å². The van der Waals surface area contributed by atoms with Gasteiger partial charge in [0.25, 0.3) is 11.8 Å². The number of anilines is 1. The van der Waals surface area contributed by atoms with Crippen molar-refractivity contribution in [3.63, 3.8) is 0 Å². The Kier molecular flexibility index (Phi) is 2.20. The van der Waals surface area contributed by atoms with Crippen LogP contribution in [0.1, 0.15) is 29.3 Å². The van der Waals surface area contributed by atoms with Gasteiger partial charge in [0.05, 0.1) is 5.69 Å².